The average molecular weight is 160 g/mol. The van der Waals surface area contributed by atoms with Gasteiger partial charge in [0.1, 0.15) is 0 Å². The number of rotatable bonds is 1. The van der Waals surface area contributed by atoms with Crippen LogP contribution < -0.4 is 5.73 Å². The number of anilines is 1. The van der Waals surface area contributed by atoms with Gasteiger partial charge in [-0.2, -0.15) is 0 Å². The molecule has 0 bridgehead atoms. The maximum Gasteiger partial charge on any atom is 0.297 e. The number of hydrogen-bond acceptors (Lipinski definition) is 3. The Morgan fingerprint density at radius 3 is 2.92 bits per heavy atom. The van der Waals surface area contributed by atoms with Gasteiger partial charge >= 0.3 is 0 Å². The Morgan fingerprint density at radius 1 is 1.75 bits per heavy atom. The Balaban J connectivity index is 3.32. The van der Waals surface area contributed by atoms with E-state index < -0.39 is 0 Å². The van der Waals surface area contributed by atoms with Crippen LogP contribution in [0.4, 0.5) is 11.6 Å². The molecule has 0 fully saturated rings. The van der Waals surface area contributed by atoms with Gasteiger partial charge in [-0.05, 0) is 12.5 Å². The van der Waals surface area contributed by atoms with Crippen molar-refractivity contribution in [2.75, 3.05) is 5.73 Å². The van der Waals surface area contributed by atoms with Gasteiger partial charge in [0, 0.05) is 0 Å². The van der Waals surface area contributed by atoms with Crippen molar-refractivity contribution in [2.45, 2.75) is 6.92 Å². The quantitative estimate of drug-likeness (QED) is 0.635. The van der Waals surface area contributed by atoms with Crippen LogP contribution in [0.25, 0.3) is 10.4 Å². The lowest BCUT2D eigenvalue weighted by molar-refractivity contribution is 1.19. The number of nitrogens with zero attached hydrogens (tertiary/aromatic N) is 3. The van der Waals surface area contributed by atoms with Crippen LogP contribution >= 0.6 is 0 Å². The summed E-state index contributed by atoms with van der Waals surface area (Å²) in [5.74, 6) is 0.466. The maximum absolute atomic E-state index is 6.80. The van der Waals surface area contributed by atoms with E-state index in [1.165, 1.54) is 6.20 Å². The van der Waals surface area contributed by atoms with Crippen molar-refractivity contribution in [3.8, 4) is 0 Å². The van der Waals surface area contributed by atoms with Crippen LogP contribution in [0.1, 0.15) is 12.6 Å². The largest absolute Gasteiger partial charge is 0.363 e. The molecule has 1 aromatic heterocycles. The number of aromatic nitrogens is 2. The molecule has 0 atom stereocenters. The molecule has 0 radical (unpaired) electrons. The first-order valence-corrected chi connectivity index (χ1v) is 3.31. The predicted molar refractivity (Wildman–Crippen MR) is 47.4 cm³/mol. The van der Waals surface area contributed by atoms with Crippen LogP contribution in [-0.2, 0) is 0 Å². The van der Waals surface area contributed by atoms with E-state index in [9.17, 15) is 0 Å². The van der Waals surface area contributed by atoms with Crippen LogP contribution in [0.3, 0.4) is 0 Å². The standard InChI is InChI=1S/C8H8N4/c1-5(2)7-8(10-3)12-6(9)4-11-7/h4H,1H2,2H3,(H2,9,12). The highest BCUT2D eigenvalue weighted by atomic mass is 15.0. The second-order valence-electron chi connectivity index (χ2n) is 2.36. The summed E-state index contributed by atoms with van der Waals surface area (Å²) in [4.78, 5) is 10.9. The zero-order chi connectivity index (χ0) is 9.14. The van der Waals surface area contributed by atoms with E-state index in [-0.39, 0.29) is 11.6 Å². The van der Waals surface area contributed by atoms with Crippen LogP contribution in [-0.4, -0.2) is 9.97 Å². The van der Waals surface area contributed by atoms with Crippen molar-refractivity contribution < 1.29 is 0 Å². The zero-order valence-corrected chi connectivity index (χ0v) is 6.70. The van der Waals surface area contributed by atoms with E-state index >= 15 is 0 Å². The summed E-state index contributed by atoms with van der Waals surface area (Å²) in [5, 5.41) is 0. The van der Waals surface area contributed by atoms with Crippen molar-refractivity contribution >= 4 is 17.2 Å². The van der Waals surface area contributed by atoms with Gasteiger partial charge in [0.05, 0.1) is 11.9 Å². The Bertz CT molecular complexity index is 362. The summed E-state index contributed by atoms with van der Waals surface area (Å²) in [6.45, 7) is 12.3. The Kier molecular flexibility index (Phi) is 2.06. The maximum atomic E-state index is 6.80. The molecular weight excluding hydrogens is 152 g/mol. The molecule has 4 nitrogen and oxygen atoms in total. The fourth-order valence-corrected chi connectivity index (χ4v) is 0.772. The summed E-state index contributed by atoms with van der Waals surface area (Å²) in [6.07, 6.45) is 1.42. The molecule has 0 aliphatic carbocycles. The molecule has 0 saturated carbocycles. The van der Waals surface area contributed by atoms with Gasteiger partial charge in [0.25, 0.3) is 5.82 Å². The van der Waals surface area contributed by atoms with E-state index in [2.05, 4.69) is 21.4 Å². The molecule has 2 N–H and O–H groups in total. The molecule has 1 aromatic rings. The highest BCUT2D eigenvalue weighted by molar-refractivity contribution is 5.69. The second kappa shape index (κ2) is 3.01. The molecular formula is C8H8N4. The SMILES string of the molecule is [C-]#[N+]c1nc(N)cnc1C(=C)C. The van der Waals surface area contributed by atoms with Gasteiger partial charge in [0.15, 0.2) is 0 Å². The van der Waals surface area contributed by atoms with E-state index in [4.69, 9.17) is 12.3 Å². The minimum Gasteiger partial charge on any atom is -0.363 e. The molecule has 0 aromatic carbocycles. The molecule has 12 heavy (non-hydrogen) atoms. The first kappa shape index (κ1) is 8.21. The summed E-state index contributed by atoms with van der Waals surface area (Å²) in [5.41, 5.74) is 6.59. The molecule has 0 amide bonds. The topological polar surface area (TPSA) is 56.2 Å². The van der Waals surface area contributed by atoms with Crippen LogP contribution in [0.5, 0.6) is 0 Å². The summed E-state index contributed by atoms with van der Waals surface area (Å²) < 4.78 is 0. The van der Waals surface area contributed by atoms with E-state index in [0.29, 0.717) is 11.3 Å². The van der Waals surface area contributed by atoms with Crippen LogP contribution in [0.2, 0.25) is 0 Å². The molecule has 4 heteroatoms. The number of nitrogens with two attached hydrogens (primary N) is 1. The van der Waals surface area contributed by atoms with Gasteiger partial charge in [-0.1, -0.05) is 18.1 Å². The van der Waals surface area contributed by atoms with Crippen molar-refractivity contribution in [2.24, 2.45) is 0 Å². The first-order chi connectivity index (χ1) is 5.65. The fraction of sp³-hybridized carbons (Fsp3) is 0.125. The Morgan fingerprint density at radius 2 is 2.42 bits per heavy atom. The number of nitrogen functional groups attached to an aromatic ring is 1. The third-order valence-electron chi connectivity index (χ3n) is 1.28. The molecule has 60 valence electrons. The minimum absolute atomic E-state index is 0.211. The van der Waals surface area contributed by atoms with Crippen LogP contribution in [0.15, 0.2) is 12.8 Å². The molecule has 0 aliphatic heterocycles. The van der Waals surface area contributed by atoms with Crippen molar-refractivity contribution in [1.82, 2.24) is 9.97 Å². The van der Waals surface area contributed by atoms with Crippen LogP contribution in [0, 0.1) is 6.57 Å². The van der Waals surface area contributed by atoms with Crippen molar-refractivity contribution in [3.05, 3.63) is 29.9 Å². The van der Waals surface area contributed by atoms with Gasteiger partial charge < -0.3 is 10.6 Å². The fourth-order valence-electron chi connectivity index (χ4n) is 0.772. The third-order valence-corrected chi connectivity index (χ3v) is 1.28. The lowest BCUT2D eigenvalue weighted by Gasteiger charge is -1.99. The van der Waals surface area contributed by atoms with Gasteiger partial charge in [-0.3, -0.25) is 4.98 Å². The Labute approximate surface area is 70.6 Å². The van der Waals surface area contributed by atoms with Crippen molar-refractivity contribution in [1.29, 1.82) is 0 Å². The minimum atomic E-state index is 0.211. The average Bonchev–Trinajstić information content (AvgIpc) is 2.03. The lowest BCUT2D eigenvalue weighted by atomic mass is 10.2. The van der Waals surface area contributed by atoms with Gasteiger partial charge in [-0.25, -0.2) is 0 Å². The normalized spacial score (nSPS) is 9.00. The summed E-state index contributed by atoms with van der Waals surface area (Å²) in [7, 11) is 0. The van der Waals surface area contributed by atoms with E-state index in [0.717, 1.165) is 0 Å². The van der Waals surface area contributed by atoms with Gasteiger partial charge in [0.2, 0.25) is 5.82 Å². The lowest BCUT2D eigenvalue weighted by Crippen LogP contribution is -1.94. The highest BCUT2D eigenvalue weighted by Gasteiger charge is 2.06. The van der Waals surface area contributed by atoms with Gasteiger partial charge in [-0.15, -0.1) is 0 Å². The molecule has 0 aliphatic rings. The smallest absolute Gasteiger partial charge is 0.297 e. The van der Waals surface area contributed by atoms with Crippen molar-refractivity contribution in [3.63, 3.8) is 0 Å². The summed E-state index contributed by atoms with van der Waals surface area (Å²) >= 11 is 0. The number of allylic oxidation sites excluding steroid dienone is 1. The highest BCUT2D eigenvalue weighted by Crippen LogP contribution is 2.20. The summed E-state index contributed by atoms with van der Waals surface area (Å²) in [6, 6.07) is 0. The molecule has 0 unspecified atom stereocenters. The van der Waals surface area contributed by atoms with E-state index in [1.807, 2.05) is 0 Å². The molecule has 0 saturated heterocycles. The second-order valence-corrected chi connectivity index (χ2v) is 2.36. The molecule has 1 rings (SSSR count). The monoisotopic (exact) mass is 160 g/mol. The Hall–Kier alpha value is -1.89. The predicted octanol–water partition coefficient (Wildman–Crippen LogP) is 1.64. The molecule has 1 heterocycles. The third kappa shape index (κ3) is 1.40. The van der Waals surface area contributed by atoms with E-state index in [1.54, 1.807) is 6.92 Å². The molecule has 0 spiro atoms. The zero-order valence-electron chi connectivity index (χ0n) is 6.70. The first-order valence-electron chi connectivity index (χ1n) is 3.31. The number of hydrogen-bond donors (Lipinski definition) is 1.